The van der Waals surface area contributed by atoms with Gasteiger partial charge in [-0.05, 0) is 62.7 Å². The fourth-order valence-corrected chi connectivity index (χ4v) is 3.83. The zero-order chi connectivity index (χ0) is 20.2. The van der Waals surface area contributed by atoms with Gasteiger partial charge in [0.15, 0.2) is 9.84 Å². The van der Waals surface area contributed by atoms with E-state index >= 15 is 0 Å². The van der Waals surface area contributed by atoms with Crippen molar-refractivity contribution in [2.45, 2.75) is 30.4 Å². The Morgan fingerprint density at radius 2 is 1.81 bits per heavy atom. The Hall–Kier alpha value is -2.12. The van der Waals surface area contributed by atoms with E-state index < -0.39 is 20.5 Å². The number of hydrogen-bond donors (Lipinski definition) is 1. The quantitative estimate of drug-likeness (QED) is 0.624. The van der Waals surface area contributed by atoms with Crippen molar-refractivity contribution in [2.75, 3.05) is 11.9 Å². The smallest absolute Gasteiger partial charge is 0.245 e. The van der Waals surface area contributed by atoms with Crippen LogP contribution in [0, 0.1) is 0 Å². The number of rotatable bonds is 7. The van der Waals surface area contributed by atoms with Gasteiger partial charge in [-0.25, -0.2) is 8.42 Å². The minimum atomic E-state index is -3.88. The highest BCUT2D eigenvalue weighted by Crippen LogP contribution is 2.28. The summed E-state index contributed by atoms with van der Waals surface area (Å²) in [6.07, 6.45) is 0. The zero-order valence-corrected chi connectivity index (χ0v) is 17.9. The summed E-state index contributed by atoms with van der Waals surface area (Å²) in [5, 5.41) is 2.67. The normalized spacial score (nSPS) is 11.7. The molecule has 1 N–H and O–H groups in total. The van der Waals surface area contributed by atoms with Gasteiger partial charge >= 0.3 is 0 Å². The molecule has 0 saturated carbocycles. The summed E-state index contributed by atoms with van der Waals surface area (Å²) < 4.78 is 30.5. The largest absolute Gasteiger partial charge is 0.489 e. The number of amides is 1. The van der Waals surface area contributed by atoms with E-state index in [0.29, 0.717) is 18.0 Å². The lowest BCUT2D eigenvalue weighted by Crippen LogP contribution is -2.44. The molecule has 0 heterocycles. The first-order chi connectivity index (χ1) is 12.5. The minimum absolute atomic E-state index is 0.0874. The molecule has 144 valence electrons. The molecule has 0 radical (unpaired) electrons. The predicted molar refractivity (Wildman–Crippen MR) is 111 cm³/mol. The molecule has 0 aliphatic heterocycles. The number of anilines is 1. The molecule has 0 aromatic heterocycles. The van der Waals surface area contributed by atoms with Gasteiger partial charge in [-0.1, -0.05) is 28.6 Å². The Labute approximate surface area is 168 Å². The molecule has 0 saturated heterocycles. The molecule has 1 amide bonds. The fourth-order valence-electron chi connectivity index (χ4n) is 2.18. The third-order valence-corrected chi connectivity index (χ3v) is 6.87. The van der Waals surface area contributed by atoms with Crippen LogP contribution in [0.2, 0.25) is 0 Å². The van der Waals surface area contributed by atoms with Crippen LogP contribution in [0.5, 0.6) is 5.75 Å². The predicted octanol–water partition coefficient (Wildman–Crippen LogP) is 4.60. The topological polar surface area (TPSA) is 72.5 Å². The van der Waals surface area contributed by atoms with E-state index in [1.54, 1.807) is 36.4 Å². The standard InChI is InChI=1S/C20H22BrNO4S/c1-14(2)13-26-17-7-5-6-16(12-17)22-19(23)20(3,4)27(24,25)18-10-8-15(21)9-11-18/h5-12H,1,13H2,2-4H3,(H,22,23). The first-order valence-electron chi connectivity index (χ1n) is 8.23. The maximum absolute atomic E-state index is 12.9. The van der Waals surface area contributed by atoms with E-state index in [9.17, 15) is 13.2 Å². The number of hydrogen-bond acceptors (Lipinski definition) is 4. The zero-order valence-electron chi connectivity index (χ0n) is 15.5. The summed E-state index contributed by atoms with van der Waals surface area (Å²) in [5.74, 6) is -0.0631. The molecule has 2 aromatic rings. The van der Waals surface area contributed by atoms with Crippen LogP contribution in [-0.2, 0) is 14.6 Å². The summed E-state index contributed by atoms with van der Waals surface area (Å²) in [5.41, 5.74) is 1.32. The average Bonchev–Trinajstić information content (AvgIpc) is 2.60. The van der Waals surface area contributed by atoms with Crippen molar-refractivity contribution in [1.82, 2.24) is 0 Å². The second-order valence-corrected chi connectivity index (χ2v) is 10.1. The van der Waals surface area contributed by atoms with Crippen LogP contribution in [-0.4, -0.2) is 25.7 Å². The Kier molecular flexibility index (Phi) is 6.49. The van der Waals surface area contributed by atoms with Crippen LogP contribution in [0.1, 0.15) is 20.8 Å². The molecule has 0 fully saturated rings. The SMILES string of the molecule is C=C(C)COc1cccc(NC(=O)C(C)(C)S(=O)(=O)c2ccc(Br)cc2)c1. The van der Waals surface area contributed by atoms with Gasteiger partial charge in [-0.2, -0.15) is 0 Å². The highest BCUT2D eigenvalue weighted by Gasteiger charge is 2.42. The number of benzene rings is 2. The van der Waals surface area contributed by atoms with E-state index in [2.05, 4.69) is 27.8 Å². The maximum Gasteiger partial charge on any atom is 0.245 e. The summed E-state index contributed by atoms with van der Waals surface area (Å²) in [6.45, 7) is 8.76. The number of carbonyl (C=O) groups is 1. The molecular formula is C20H22BrNO4S. The summed E-state index contributed by atoms with van der Waals surface area (Å²) in [4.78, 5) is 12.8. The second kappa shape index (κ2) is 8.27. The first-order valence-corrected chi connectivity index (χ1v) is 10.5. The number of ether oxygens (including phenoxy) is 1. The van der Waals surface area contributed by atoms with Crippen LogP contribution >= 0.6 is 15.9 Å². The highest BCUT2D eigenvalue weighted by atomic mass is 79.9. The summed E-state index contributed by atoms with van der Waals surface area (Å²) in [7, 11) is -3.88. The van der Waals surface area contributed by atoms with Crippen molar-refractivity contribution in [3.63, 3.8) is 0 Å². The van der Waals surface area contributed by atoms with Crippen LogP contribution in [0.15, 0.2) is 70.1 Å². The lowest BCUT2D eigenvalue weighted by Gasteiger charge is -2.24. The molecule has 0 unspecified atom stereocenters. The molecule has 0 spiro atoms. The van der Waals surface area contributed by atoms with E-state index in [0.717, 1.165) is 10.0 Å². The highest BCUT2D eigenvalue weighted by molar-refractivity contribution is 9.10. The molecule has 5 nitrogen and oxygen atoms in total. The summed E-state index contributed by atoms with van der Waals surface area (Å²) in [6, 6.07) is 13.0. The molecule has 7 heteroatoms. The molecule has 0 atom stereocenters. The van der Waals surface area contributed by atoms with Crippen LogP contribution in [0.3, 0.4) is 0 Å². The maximum atomic E-state index is 12.9. The van der Waals surface area contributed by atoms with Gasteiger partial charge in [0.1, 0.15) is 17.1 Å². The van der Waals surface area contributed by atoms with Gasteiger partial charge in [0.2, 0.25) is 5.91 Å². The number of carbonyl (C=O) groups excluding carboxylic acids is 1. The molecule has 0 bridgehead atoms. The Balaban J connectivity index is 2.22. The van der Waals surface area contributed by atoms with E-state index in [-0.39, 0.29) is 4.90 Å². The van der Waals surface area contributed by atoms with Crippen LogP contribution in [0.4, 0.5) is 5.69 Å². The van der Waals surface area contributed by atoms with Gasteiger partial charge in [0, 0.05) is 16.2 Å². The van der Waals surface area contributed by atoms with Crippen molar-refractivity contribution >= 4 is 37.4 Å². The lowest BCUT2D eigenvalue weighted by molar-refractivity contribution is -0.117. The number of sulfone groups is 1. The Morgan fingerprint density at radius 3 is 2.41 bits per heavy atom. The van der Waals surface area contributed by atoms with Crippen molar-refractivity contribution < 1.29 is 17.9 Å². The average molecular weight is 452 g/mol. The molecular weight excluding hydrogens is 430 g/mol. The van der Waals surface area contributed by atoms with E-state index in [1.165, 1.54) is 26.0 Å². The van der Waals surface area contributed by atoms with Crippen molar-refractivity contribution in [1.29, 1.82) is 0 Å². The van der Waals surface area contributed by atoms with Gasteiger partial charge in [-0.15, -0.1) is 0 Å². The van der Waals surface area contributed by atoms with Crippen molar-refractivity contribution in [3.05, 3.63) is 65.2 Å². The van der Waals surface area contributed by atoms with Gasteiger partial charge in [0.25, 0.3) is 0 Å². The molecule has 2 aromatic carbocycles. The third kappa shape index (κ3) is 4.99. The number of nitrogens with one attached hydrogen (secondary N) is 1. The lowest BCUT2D eigenvalue weighted by atomic mass is 10.2. The van der Waals surface area contributed by atoms with E-state index in [1.807, 2.05) is 6.92 Å². The van der Waals surface area contributed by atoms with E-state index in [4.69, 9.17) is 4.74 Å². The van der Waals surface area contributed by atoms with Gasteiger partial charge in [0.05, 0.1) is 4.90 Å². The monoisotopic (exact) mass is 451 g/mol. The molecule has 0 aliphatic carbocycles. The molecule has 27 heavy (non-hydrogen) atoms. The van der Waals surface area contributed by atoms with Crippen LogP contribution in [0.25, 0.3) is 0 Å². The minimum Gasteiger partial charge on any atom is -0.489 e. The van der Waals surface area contributed by atoms with Crippen LogP contribution < -0.4 is 10.1 Å². The number of halogens is 1. The summed E-state index contributed by atoms with van der Waals surface area (Å²) >= 11 is 3.27. The fraction of sp³-hybridized carbons (Fsp3) is 0.250. The van der Waals surface area contributed by atoms with Crippen molar-refractivity contribution in [3.8, 4) is 5.75 Å². The van der Waals surface area contributed by atoms with Gasteiger partial charge < -0.3 is 10.1 Å². The van der Waals surface area contributed by atoms with Crippen molar-refractivity contribution in [2.24, 2.45) is 0 Å². The van der Waals surface area contributed by atoms with Gasteiger partial charge in [-0.3, -0.25) is 4.79 Å². The molecule has 2 rings (SSSR count). The Morgan fingerprint density at radius 1 is 1.19 bits per heavy atom. The third-order valence-electron chi connectivity index (χ3n) is 3.92. The second-order valence-electron chi connectivity index (χ2n) is 6.70. The Bertz CT molecular complexity index is 950. The first kappa shape index (κ1) is 21.2. The molecule has 0 aliphatic rings.